The van der Waals surface area contributed by atoms with Crippen molar-refractivity contribution in [1.82, 2.24) is 4.98 Å². The van der Waals surface area contributed by atoms with Gasteiger partial charge in [0.15, 0.2) is 0 Å². The van der Waals surface area contributed by atoms with E-state index >= 15 is 0 Å². The number of rotatable bonds is 2. The van der Waals surface area contributed by atoms with E-state index < -0.39 is 0 Å². The number of carbonyl (C=O) groups is 2. The molecule has 30 heavy (non-hydrogen) atoms. The molecule has 0 saturated heterocycles. The Hall–Kier alpha value is -2.29. The molecule has 1 aromatic heterocycles. The first-order valence-corrected chi connectivity index (χ1v) is 11.0. The zero-order chi connectivity index (χ0) is 24.4. The number of aromatic nitrogens is 1. The molecule has 0 atom stereocenters. The van der Waals surface area contributed by atoms with E-state index in [0.717, 1.165) is 12.1 Å². The lowest BCUT2D eigenvalue weighted by Gasteiger charge is -1.93. The van der Waals surface area contributed by atoms with Gasteiger partial charge in [-0.2, -0.15) is 0 Å². The van der Waals surface area contributed by atoms with Crippen molar-refractivity contribution in [3.63, 3.8) is 0 Å². The lowest BCUT2D eigenvalue weighted by atomic mass is 10.2. The van der Waals surface area contributed by atoms with Crippen LogP contribution in [0.25, 0.3) is 0 Å². The molecule has 0 amide bonds. The molecule has 0 radical (unpaired) electrons. The monoisotopic (exact) mass is 417 g/mol. The van der Waals surface area contributed by atoms with Gasteiger partial charge in [-0.3, -0.25) is 4.98 Å². The van der Waals surface area contributed by atoms with Crippen LogP contribution in [0.3, 0.4) is 0 Å². The van der Waals surface area contributed by atoms with Crippen LogP contribution in [0.1, 0.15) is 92.0 Å². The summed E-state index contributed by atoms with van der Waals surface area (Å²) >= 11 is 0. The smallest absolute Gasteiger partial charge is 0.126 e. The maximum atomic E-state index is 9.44. The topological polar surface area (TPSA) is 47.0 Å². The zero-order valence-corrected chi connectivity index (χ0v) is 21.5. The van der Waals surface area contributed by atoms with E-state index in [0.29, 0.717) is 0 Å². The molecule has 0 unspecified atom stereocenters. The van der Waals surface area contributed by atoms with Crippen molar-refractivity contribution >= 4 is 11.6 Å². The number of ketones is 2. The fraction of sp³-hybridized carbons (Fsp3) is 0.519. The number of Topliss-reactive ketones (excluding diaryl/α,β-unsaturated/α-hetero) is 2. The Morgan fingerprint density at radius 3 is 1.33 bits per heavy atom. The number of carbonyl (C=O) groups excluding carboxylic acids is 2. The van der Waals surface area contributed by atoms with Crippen molar-refractivity contribution < 1.29 is 9.59 Å². The molecule has 0 fully saturated rings. The Morgan fingerprint density at radius 2 is 1.13 bits per heavy atom. The lowest BCUT2D eigenvalue weighted by Crippen LogP contribution is -1.83. The summed E-state index contributed by atoms with van der Waals surface area (Å²) in [4.78, 5) is 23.0. The van der Waals surface area contributed by atoms with Crippen molar-refractivity contribution in [1.29, 1.82) is 0 Å². The quantitative estimate of drug-likeness (QED) is 0.497. The average Bonchev–Trinajstić information content (AvgIpc) is 2.70. The van der Waals surface area contributed by atoms with Gasteiger partial charge in [0, 0.05) is 11.9 Å². The van der Waals surface area contributed by atoms with Gasteiger partial charge in [-0.1, -0.05) is 89.4 Å². The van der Waals surface area contributed by atoms with Crippen LogP contribution in [0.2, 0.25) is 0 Å². The normalized spacial score (nSPS) is 7.83. The molecule has 0 aliphatic rings. The Balaban J connectivity index is -0.000000145. The number of aryl methyl sites for hydroxylation is 3. The largest absolute Gasteiger partial charge is 0.300 e. The molecule has 0 bridgehead atoms. The molecule has 0 aliphatic carbocycles. The van der Waals surface area contributed by atoms with E-state index in [9.17, 15) is 9.59 Å². The molecule has 1 aromatic carbocycles. The summed E-state index contributed by atoms with van der Waals surface area (Å²) in [5.41, 5.74) is 3.72. The molecule has 0 aliphatic heterocycles. The van der Waals surface area contributed by atoms with Gasteiger partial charge in [0.25, 0.3) is 0 Å². The van der Waals surface area contributed by atoms with Crippen molar-refractivity contribution in [2.24, 2.45) is 0 Å². The van der Waals surface area contributed by atoms with Gasteiger partial charge in [0.05, 0.1) is 0 Å². The average molecular weight is 418 g/mol. The third-order valence-electron chi connectivity index (χ3n) is 2.82. The molecule has 2 rings (SSSR count). The number of hydrogen-bond donors (Lipinski definition) is 0. The van der Waals surface area contributed by atoms with Gasteiger partial charge < -0.3 is 9.59 Å². The minimum Gasteiger partial charge on any atom is -0.300 e. The summed E-state index contributed by atoms with van der Waals surface area (Å²) in [6.07, 6.45) is 5.64. The number of benzene rings is 1. The fourth-order valence-electron chi connectivity index (χ4n) is 1.24. The molecular formula is C27H47NO2. The highest BCUT2D eigenvalue weighted by atomic mass is 16.1. The van der Waals surface area contributed by atoms with Crippen LogP contribution in [-0.2, 0) is 16.0 Å². The highest BCUT2D eigenvalue weighted by Gasteiger charge is 1.86. The number of hydrogen-bond acceptors (Lipinski definition) is 3. The van der Waals surface area contributed by atoms with Crippen LogP contribution in [0.15, 0.2) is 48.7 Å². The lowest BCUT2D eigenvalue weighted by molar-refractivity contribution is -0.115. The van der Waals surface area contributed by atoms with E-state index in [2.05, 4.69) is 50.9 Å². The summed E-state index contributed by atoms with van der Waals surface area (Å²) < 4.78 is 0. The first-order valence-electron chi connectivity index (χ1n) is 11.0. The predicted octanol–water partition coefficient (Wildman–Crippen LogP) is 7.97. The van der Waals surface area contributed by atoms with E-state index in [1.165, 1.54) is 51.7 Å². The standard InChI is InChI=1S/C8H11N.C7H8.C4H10.2C3H6O.C2H6/c1-3-8-5-4-7(2)9-6-8;1-7-5-3-2-4-6-7;1-3-4-2;2*1-3(2)4;1-2/h4-6H,3H2,1-2H3;2-6H,1H3;3-4H2,1-2H3;2*1-2H3;1-2H3. The fourth-order valence-corrected chi connectivity index (χ4v) is 1.24. The molecule has 0 saturated carbocycles. The summed E-state index contributed by atoms with van der Waals surface area (Å²) in [6, 6.07) is 14.4. The second-order valence-corrected chi connectivity index (χ2v) is 6.63. The molecule has 2 aromatic rings. The Bertz CT molecular complexity index is 568. The van der Waals surface area contributed by atoms with Crippen molar-refractivity contribution in [3.8, 4) is 0 Å². The van der Waals surface area contributed by atoms with Crippen LogP contribution in [-0.4, -0.2) is 16.6 Å². The number of nitrogens with zero attached hydrogens (tertiary/aromatic N) is 1. The third-order valence-corrected chi connectivity index (χ3v) is 2.82. The van der Waals surface area contributed by atoms with Crippen LogP contribution in [0.4, 0.5) is 0 Å². The third kappa shape index (κ3) is 44.8. The summed E-state index contributed by atoms with van der Waals surface area (Å²) in [7, 11) is 0. The van der Waals surface area contributed by atoms with E-state index in [4.69, 9.17) is 0 Å². The molecule has 172 valence electrons. The van der Waals surface area contributed by atoms with E-state index in [1.807, 2.05) is 51.2 Å². The molecule has 3 heteroatoms. The van der Waals surface area contributed by atoms with Crippen LogP contribution in [0, 0.1) is 13.8 Å². The zero-order valence-electron chi connectivity index (χ0n) is 21.5. The highest BCUT2D eigenvalue weighted by molar-refractivity contribution is 5.72. The predicted molar refractivity (Wildman–Crippen MR) is 134 cm³/mol. The number of unbranched alkanes of at least 4 members (excludes halogenated alkanes) is 1. The second-order valence-electron chi connectivity index (χ2n) is 6.63. The van der Waals surface area contributed by atoms with Gasteiger partial charge in [-0.15, -0.1) is 0 Å². The molecule has 1 heterocycles. The first-order chi connectivity index (χ1) is 14.1. The second kappa shape index (κ2) is 28.9. The van der Waals surface area contributed by atoms with E-state index in [-0.39, 0.29) is 11.6 Å². The highest BCUT2D eigenvalue weighted by Crippen LogP contribution is 1.98. The van der Waals surface area contributed by atoms with Crippen molar-refractivity contribution in [2.75, 3.05) is 0 Å². The number of pyridine rings is 1. The van der Waals surface area contributed by atoms with Crippen LogP contribution < -0.4 is 0 Å². The van der Waals surface area contributed by atoms with Gasteiger partial charge in [-0.05, 0) is 59.6 Å². The first kappa shape index (κ1) is 35.2. The van der Waals surface area contributed by atoms with Crippen molar-refractivity contribution in [3.05, 3.63) is 65.5 Å². The van der Waals surface area contributed by atoms with Gasteiger partial charge in [0.2, 0.25) is 0 Å². The van der Waals surface area contributed by atoms with Gasteiger partial charge in [0.1, 0.15) is 11.6 Å². The SMILES string of the molecule is CC.CC(C)=O.CC(C)=O.CCCC.CCc1ccc(C)nc1.Cc1ccccc1. The van der Waals surface area contributed by atoms with Gasteiger partial charge in [-0.25, -0.2) is 0 Å². The molecule has 0 spiro atoms. The van der Waals surface area contributed by atoms with Crippen molar-refractivity contribution in [2.45, 2.75) is 95.4 Å². The molecular weight excluding hydrogens is 370 g/mol. The summed E-state index contributed by atoms with van der Waals surface area (Å²) in [5, 5.41) is 0. The Labute approximate surface area is 187 Å². The minimum absolute atomic E-state index is 0.167. The molecule has 0 N–H and O–H groups in total. The minimum atomic E-state index is 0.167. The maximum absolute atomic E-state index is 9.44. The van der Waals surface area contributed by atoms with Crippen LogP contribution >= 0.6 is 0 Å². The van der Waals surface area contributed by atoms with E-state index in [1.54, 1.807) is 0 Å². The Kier molecular flexibility index (Phi) is 33.9. The van der Waals surface area contributed by atoms with Crippen LogP contribution in [0.5, 0.6) is 0 Å². The summed E-state index contributed by atoms with van der Waals surface area (Å²) in [5.74, 6) is 0.333. The maximum Gasteiger partial charge on any atom is 0.126 e. The summed E-state index contributed by atoms with van der Waals surface area (Å²) in [6.45, 7) is 20.7. The molecule has 3 nitrogen and oxygen atoms in total. The Morgan fingerprint density at radius 1 is 0.733 bits per heavy atom. The van der Waals surface area contributed by atoms with Gasteiger partial charge >= 0.3 is 0 Å².